The molecule has 0 unspecified atom stereocenters. The maximum absolute atomic E-state index is 12.7. The summed E-state index contributed by atoms with van der Waals surface area (Å²) in [6.07, 6.45) is -0.716. The first kappa shape index (κ1) is 19.0. The monoisotopic (exact) mass is 372 g/mol. The number of carboxylic acid groups (broad SMARTS) is 1. The number of benzene rings is 1. The van der Waals surface area contributed by atoms with Gasteiger partial charge in [0, 0.05) is 6.04 Å². The largest absolute Gasteiger partial charge is 0.497 e. The third-order valence-electron chi connectivity index (χ3n) is 3.77. The van der Waals surface area contributed by atoms with Crippen LogP contribution in [0.3, 0.4) is 0 Å². The van der Waals surface area contributed by atoms with Crippen LogP contribution < -0.4 is 4.74 Å². The Morgan fingerprint density at radius 1 is 1.40 bits per heavy atom. The van der Waals surface area contributed by atoms with Gasteiger partial charge in [-0.05, 0) is 31.0 Å². The minimum Gasteiger partial charge on any atom is -0.497 e. The molecule has 9 nitrogen and oxygen atoms in total. The van der Waals surface area contributed by atoms with Gasteiger partial charge in [0.15, 0.2) is 0 Å². The first-order valence-corrected chi connectivity index (χ1v) is 8.96. The summed E-state index contributed by atoms with van der Waals surface area (Å²) in [5, 5.41) is 9.08. The van der Waals surface area contributed by atoms with E-state index in [0.717, 1.165) is 9.87 Å². The van der Waals surface area contributed by atoms with Gasteiger partial charge in [0.1, 0.15) is 18.9 Å². The summed E-state index contributed by atoms with van der Waals surface area (Å²) in [5.74, 6) is -0.649. The van der Waals surface area contributed by atoms with Gasteiger partial charge in [0.05, 0.1) is 13.7 Å². The molecule has 25 heavy (non-hydrogen) atoms. The van der Waals surface area contributed by atoms with Gasteiger partial charge in [0.2, 0.25) is 0 Å². The molecule has 1 atom stereocenters. The zero-order chi connectivity index (χ0) is 18.6. The van der Waals surface area contributed by atoms with E-state index in [2.05, 4.69) is 4.74 Å². The van der Waals surface area contributed by atoms with Crippen LogP contribution in [0.25, 0.3) is 0 Å². The Labute approximate surface area is 145 Å². The van der Waals surface area contributed by atoms with Gasteiger partial charge in [-0.1, -0.05) is 12.1 Å². The fraction of sp³-hybridized carbons (Fsp3) is 0.467. The van der Waals surface area contributed by atoms with Crippen LogP contribution >= 0.6 is 0 Å². The molecule has 138 valence electrons. The maximum atomic E-state index is 12.7. The molecule has 0 saturated carbocycles. The van der Waals surface area contributed by atoms with Crippen molar-refractivity contribution < 1.29 is 32.6 Å². The van der Waals surface area contributed by atoms with E-state index in [-0.39, 0.29) is 19.6 Å². The molecule has 1 aromatic carbocycles. The van der Waals surface area contributed by atoms with Crippen LogP contribution in [0.1, 0.15) is 12.5 Å². The average molecular weight is 372 g/mol. The van der Waals surface area contributed by atoms with Crippen molar-refractivity contribution in [3.8, 4) is 5.75 Å². The van der Waals surface area contributed by atoms with E-state index in [4.69, 9.17) is 9.84 Å². The topological polar surface area (TPSA) is 113 Å². The summed E-state index contributed by atoms with van der Waals surface area (Å²) in [4.78, 5) is 22.7. The lowest BCUT2D eigenvalue weighted by atomic mass is 10.1. The van der Waals surface area contributed by atoms with E-state index in [1.807, 2.05) is 0 Å². The Morgan fingerprint density at radius 3 is 2.52 bits per heavy atom. The molecule has 1 amide bonds. The van der Waals surface area contributed by atoms with E-state index in [0.29, 0.717) is 10.1 Å². The molecular formula is C15H20N2O7S. The molecular weight excluding hydrogens is 352 g/mol. The molecule has 1 heterocycles. The molecule has 1 N–H and O–H groups in total. The van der Waals surface area contributed by atoms with Crippen molar-refractivity contribution >= 4 is 22.3 Å². The fourth-order valence-corrected chi connectivity index (χ4v) is 4.12. The maximum Gasteiger partial charge on any atom is 0.424 e. The number of carbonyl (C=O) groups excluding carboxylic acids is 1. The Kier molecular flexibility index (Phi) is 5.85. The normalized spacial score (nSPS) is 16.0. The minimum absolute atomic E-state index is 0.0498. The van der Waals surface area contributed by atoms with E-state index >= 15 is 0 Å². The van der Waals surface area contributed by atoms with Crippen molar-refractivity contribution in [2.45, 2.75) is 19.4 Å². The van der Waals surface area contributed by atoms with Gasteiger partial charge in [-0.3, -0.25) is 4.79 Å². The second-order valence-electron chi connectivity index (χ2n) is 5.53. The van der Waals surface area contributed by atoms with Crippen LogP contribution in [0.4, 0.5) is 4.79 Å². The highest BCUT2D eigenvalue weighted by molar-refractivity contribution is 7.87. The fourth-order valence-electron chi connectivity index (χ4n) is 2.52. The van der Waals surface area contributed by atoms with Crippen LogP contribution in [0.5, 0.6) is 5.75 Å². The number of aliphatic carboxylic acids is 1. The molecule has 1 saturated heterocycles. The SMILES string of the molecule is COc1ccc(C[C@H](C)N(CC(=O)O)S(=O)(=O)N2CCOC2=O)cc1. The molecule has 1 aliphatic rings. The highest BCUT2D eigenvalue weighted by atomic mass is 32.2. The molecule has 0 aromatic heterocycles. The molecule has 1 aromatic rings. The van der Waals surface area contributed by atoms with Crippen molar-refractivity contribution in [3.63, 3.8) is 0 Å². The molecule has 0 bridgehead atoms. The lowest BCUT2D eigenvalue weighted by molar-refractivity contribution is -0.137. The van der Waals surface area contributed by atoms with E-state index in [9.17, 15) is 18.0 Å². The van der Waals surface area contributed by atoms with Crippen LogP contribution in [0.15, 0.2) is 24.3 Å². The molecule has 0 aliphatic carbocycles. The molecule has 1 fully saturated rings. The summed E-state index contributed by atoms with van der Waals surface area (Å²) >= 11 is 0. The number of cyclic esters (lactones) is 1. The second-order valence-corrected chi connectivity index (χ2v) is 7.34. The first-order valence-electron chi connectivity index (χ1n) is 7.56. The number of hydrogen-bond acceptors (Lipinski definition) is 6. The van der Waals surface area contributed by atoms with E-state index < -0.39 is 34.9 Å². The number of rotatable bonds is 8. The number of methoxy groups -OCH3 is 1. The number of hydrogen-bond donors (Lipinski definition) is 1. The Balaban J connectivity index is 2.22. The van der Waals surface area contributed by atoms with Gasteiger partial charge < -0.3 is 14.6 Å². The Bertz CT molecular complexity index is 733. The van der Waals surface area contributed by atoms with Gasteiger partial charge in [-0.2, -0.15) is 17.0 Å². The molecule has 10 heteroatoms. The van der Waals surface area contributed by atoms with Crippen LogP contribution in [0, 0.1) is 0 Å². The molecule has 0 radical (unpaired) electrons. The summed E-state index contributed by atoms with van der Waals surface area (Å²) in [5.41, 5.74) is 0.808. The zero-order valence-electron chi connectivity index (χ0n) is 13.9. The second kappa shape index (κ2) is 7.70. The summed E-state index contributed by atoms with van der Waals surface area (Å²) in [6, 6.07) is 6.32. The summed E-state index contributed by atoms with van der Waals surface area (Å²) < 4.78 is 36.4. The van der Waals surface area contributed by atoms with Crippen molar-refractivity contribution in [3.05, 3.63) is 29.8 Å². The molecule has 1 aliphatic heterocycles. The number of nitrogens with zero attached hydrogens (tertiary/aromatic N) is 2. The number of carboxylic acids is 1. The van der Waals surface area contributed by atoms with Gasteiger partial charge in [-0.25, -0.2) is 4.79 Å². The van der Waals surface area contributed by atoms with Crippen LogP contribution in [0.2, 0.25) is 0 Å². The smallest absolute Gasteiger partial charge is 0.424 e. The quantitative estimate of drug-likeness (QED) is 0.715. The number of amides is 1. The van der Waals surface area contributed by atoms with Crippen molar-refractivity contribution in [2.75, 3.05) is 26.8 Å². The number of ether oxygens (including phenoxy) is 2. The molecule has 0 spiro atoms. The highest BCUT2D eigenvalue weighted by Crippen LogP contribution is 2.20. The third-order valence-corrected chi connectivity index (χ3v) is 5.74. The minimum atomic E-state index is -4.29. The lowest BCUT2D eigenvalue weighted by Gasteiger charge is -2.29. The first-order chi connectivity index (χ1) is 11.8. The molecule has 2 rings (SSSR count). The van der Waals surface area contributed by atoms with E-state index in [1.165, 1.54) is 7.11 Å². The van der Waals surface area contributed by atoms with Gasteiger partial charge >= 0.3 is 22.3 Å². The summed E-state index contributed by atoms with van der Waals surface area (Å²) in [7, 11) is -2.75. The average Bonchev–Trinajstić information content (AvgIpc) is 3.00. The standard InChI is InChI=1S/C15H20N2O7S/c1-11(9-12-3-5-13(23-2)6-4-12)17(10-14(18)19)25(21,22)16-7-8-24-15(16)20/h3-6,11H,7-10H2,1-2H3,(H,18,19)/t11-/m0/s1. The predicted molar refractivity (Wildman–Crippen MR) is 87.5 cm³/mol. The van der Waals surface area contributed by atoms with Gasteiger partial charge in [-0.15, -0.1) is 0 Å². The van der Waals surface area contributed by atoms with Crippen LogP contribution in [-0.2, 0) is 26.2 Å². The van der Waals surface area contributed by atoms with Crippen molar-refractivity contribution in [2.24, 2.45) is 0 Å². The third kappa shape index (κ3) is 4.40. The van der Waals surface area contributed by atoms with Gasteiger partial charge in [0.25, 0.3) is 0 Å². The highest BCUT2D eigenvalue weighted by Gasteiger charge is 2.40. The Hall–Kier alpha value is -2.33. The number of carbonyl (C=O) groups is 2. The predicted octanol–water partition coefficient (Wildman–Crippen LogP) is 0.710. The van der Waals surface area contributed by atoms with Crippen molar-refractivity contribution in [1.82, 2.24) is 8.61 Å². The van der Waals surface area contributed by atoms with Crippen LogP contribution in [-0.4, -0.2) is 67.0 Å². The van der Waals surface area contributed by atoms with Crippen molar-refractivity contribution in [1.29, 1.82) is 0 Å². The lowest BCUT2D eigenvalue weighted by Crippen LogP contribution is -2.50. The van der Waals surface area contributed by atoms with E-state index in [1.54, 1.807) is 31.2 Å². The summed E-state index contributed by atoms with van der Waals surface area (Å²) in [6.45, 7) is 0.661. The zero-order valence-corrected chi connectivity index (χ0v) is 14.7. The Morgan fingerprint density at radius 2 is 2.04 bits per heavy atom.